The van der Waals surface area contributed by atoms with Crippen LogP contribution < -0.4 is 0 Å². The van der Waals surface area contributed by atoms with Gasteiger partial charge in [0, 0.05) is 32.0 Å². The minimum Gasteiger partial charge on any atom is -0.342 e. The minimum atomic E-state index is 0.285. The number of fused-ring (bicyclic) bond motifs is 3. The maximum absolute atomic E-state index is 12.8. The summed E-state index contributed by atoms with van der Waals surface area (Å²) in [6.45, 7) is 6.07. The molecule has 2 aliphatic rings. The molecule has 4 rings (SSSR count). The quantitative estimate of drug-likeness (QED) is 0.918. The van der Waals surface area contributed by atoms with Crippen LogP contribution >= 0.6 is 0 Å². The van der Waals surface area contributed by atoms with Crippen molar-refractivity contribution in [3.63, 3.8) is 0 Å². The number of piperidine rings is 1. The molecule has 1 N–H and O–H groups in total. The van der Waals surface area contributed by atoms with Gasteiger partial charge in [0.1, 0.15) is 5.82 Å². The third-order valence-corrected chi connectivity index (χ3v) is 6.54. The fourth-order valence-corrected chi connectivity index (χ4v) is 5.11. The maximum atomic E-state index is 12.8. The van der Waals surface area contributed by atoms with Crippen LogP contribution in [0.2, 0.25) is 0 Å². The van der Waals surface area contributed by atoms with Gasteiger partial charge < -0.3 is 14.8 Å². The molecule has 1 amide bonds. The van der Waals surface area contributed by atoms with Crippen molar-refractivity contribution in [2.24, 2.45) is 11.8 Å². The van der Waals surface area contributed by atoms with Gasteiger partial charge in [0.25, 0.3) is 0 Å². The van der Waals surface area contributed by atoms with Gasteiger partial charge in [0.15, 0.2) is 0 Å². The molecule has 1 saturated heterocycles. The number of likely N-dealkylation sites (tertiary alicyclic amines) is 1. The van der Waals surface area contributed by atoms with E-state index in [1.54, 1.807) is 0 Å². The number of carbonyl (C=O) groups is 1. The Morgan fingerprint density at radius 1 is 1.23 bits per heavy atom. The molecule has 0 spiro atoms. The van der Waals surface area contributed by atoms with Crippen LogP contribution in [0.3, 0.4) is 0 Å². The number of nitrogens with one attached hydrogen (secondary N) is 1. The predicted octanol–water partition coefficient (Wildman–Crippen LogP) is 2.91. The Hall–Kier alpha value is -1.88. The Morgan fingerprint density at radius 2 is 1.92 bits per heavy atom. The van der Waals surface area contributed by atoms with Crippen molar-refractivity contribution >= 4 is 16.9 Å². The Labute approximate surface area is 155 Å². The van der Waals surface area contributed by atoms with Crippen LogP contribution in [-0.2, 0) is 11.2 Å². The van der Waals surface area contributed by atoms with Crippen molar-refractivity contribution in [1.29, 1.82) is 0 Å². The van der Waals surface area contributed by atoms with E-state index < -0.39 is 0 Å². The lowest BCUT2D eigenvalue weighted by Gasteiger charge is -2.41. The highest BCUT2D eigenvalue weighted by Crippen LogP contribution is 2.39. The SMILES string of the molecule is Cc1ccc2[nH]c(CCC(=O)N3C[C@H]4CC[C@@H](C3)C4N(C)C)nc2c1C. The van der Waals surface area contributed by atoms with Crippen molar-refractivity contribution in [3.05, 3.63) is 29.1 Å². The van der Waals surface area contributed by atoms with Crippen LogP contribution in [0.15, 0.2) is 12.1 Å². The number of rotatable bonds is 4. The van der Waals surface area contributed by atoms with E-state index in [4.69, 9.17) is 4.98 Å². The van der Waals surface area contributed by atoms with E-state index in [0.717, 1.165) is 29.9 Å². The Kier molecular flexibility index (Phi) is 4.51. The molecule has 2 bridgehead atoms. The summed E-state index contributed by atoms with van der Waals surface area (Å²) in [6.07, 6.45) is 3.76. The molecule has 3 atom stereocenters. The molecule has 1 unspecified atom stereocenters. The number of H-pyrrole nitrogens is 1. The van der Waals surface area contributed by atoms with E-state index in [0.29, 0.717) is 30.7 Å². The van der Waals surface area contributed by atoms with E-state index in [2.05, 4.69) is 54.9 Å². The molecule has 26 heavy (non-hydrogen) atoms. The van der Waals surface area contributed by atoms with Crippen molar-refractivity contribution in [1.82, 2.24) is 19.8 Å². The molecule has 1 saturated carbocycles. The van der Waals surface area contributed by atoms with E-state index in [-0.39, 0.29) is 5.91 Å². The summed E-state index contributed by atoms with van der Waals surface area (Å²) in [5.74, 6) is 2.50. The van der Waals surface area contributed by atoms with Gasteiger partial charge in [0.2, 0.25) is 5.91 Å². The first kappa shape index (κ1) is 17.5. The van der Waals surface area contributed by atoms with Gasteiger partial charge in [-0.25, -0.2) is 4.98 Å². The molecule has 140 valence electrons. The first-order valence-corrected chi connectivity index (χ1v) is 9.83. The van der Waals surface area contributed by atoms with Crippen molar-refractivity contribution in [3.8, 4) is 0 Å². The lowest BCUT2D eigenvalue weighted by atomic mass is 9.91. The Balaban J connectivity index is 1.40. The van der Waals surface area contributed by atoms with E-state index >= 15 is 0 Å². The summed E-state index contributed by atoms with van der Waals surface area (Å²) in [7, 11) is 4.36. The molecular formula is C21H30N4O. The van der Waals surface area contributed by atoms with Crippen LogP contribution in [0, 0.1) is 25.7 Å². The van der Waals surface area contributed by atoms with E-state index in [1.807, 2.05) is 0 Å². The first-order chi connectivity index (χ1) is 12.4. The van der Waals surface area contributed by atoms with Crippen molar-refractivity contribution < 1.29 is 4.79 Å². The van der Waals surface area contributed by atoms with Gasteiger partial charge in [0.05, 0.1) is 11.0 Å². The zero-order valence-corrected chi connectivity index (χ0v) is 16.4. The largest absolute Gasteiger partial charge is 0.342 e. The van der Waals surface area contributed by atoms with Gasteiger partial charge in [-0.3, -0.25) is 4.79 Å². The van der Waals surface area contributed by atoms with Gasteiger partial charge in [-0.15, -0.1) is 0 Å². The smallest absolute Gasteiger partial charge is 0.223 e. The van der Waals surface area contributed by atoms with Crippen LogP contribution in [0.4, 0.5) is 0 Å². The summed E-state index contributed by atoms with van der Waals surface area (Å²) in [4.78, 5) is 25.4. The zero-order chi connectivity index (χ0) is 18.4. The third kappa shape index (κ3) is 3.02. The molecule has 0 radical (unpaired) electrons. The average Bonchev–Trinajstić information content (AvgIpc) is 3.15. The fourth-order valence-electron chi connectivity index (χ4n) is 5.11. The van der Waals surface area contributed by atoms with E-state index in [9.17, 15) is 4.79 Å². The van der Waals surface area contributed by atoms with Crippen molar-refractivity contribution in [2.45, 2.75) is 45.6 Å². The van der Waals surface area contributed by atoms with Crippen LogP contribution in [0.5, 0.6) is 0 Å². The number of hydrogen-bond donors (Lipinski definition) is 1. The second kappa shape index (κ2) is 6.69. The summed E-state index contributed by atoms with van der Waals surface area (Å²) in [6, 6.07) is 4.86. The number of amides is 1. The Bertz CT molecular complexity index is 811. The van der Waals surface area contributed by atoms with Gasteiger partial charge in [-0.05, 0) is 69.8 Å². The predicted molar refractivity (Wildman–Crippen MR) is 104 cm³/mol. The summed E-state index contributed by atoms with van der Waals surface area (Å²) in [5.41, 5.74) is 4.59. The second-order valence-corrected chi connectivity index (χ2v) is 8.44. The molecule has 2 aromatic rings. The van der Waals surface area contributed by atoms with Crippen molar-refractivity contribution in [2.75, 3.05) is 27.2 Å². The molecule has 5 heteroatoms. The standard InChI is InChI=1S/C21H30N4O/c1-13-5-8-17-20(14(13)2)23-18(22-17)9-10-19(26)25-11-15-6-7-16(12-25)21(15)24(3)4/h5,8,15-16,21H,6-7,9-12H2,1-4H3,(H,22,23)/t15-,16+,21?. The second-order valence-electron chi connectivity index (χ2n) is 8.44. The van der Waals surface area contributed by atoms with Gasteiger partial charge in [-0.2, -0.15) is 0 Å². The number of hydrogen-bond acceptors (Lipinski definition) is 3. The highest BCUT2D eigenvalue weighted by molar-refractivity contribution is 5.80. The molecular weight excluding hydrogens is 324 g/mol. The topological polar surface area (TPSA) is 52.2 Å². The zero-order valence-electron chi connectivity index (χ0n) is 16.4. The number of nitrogens with zero attached hydrogens (tertiary/aromatic N) is 3. The number of aryl methyl sites for hydroxylation is 3. The number of carbonyl (C=O) groups excluding carboxylic acids is 1. The molecule has 5 nitrogen and oxygen atoms in total. The first-order valence-electron chi connectivity index (χ1n) is 9.83. The lowest BCUT2D eigenvalue weighted by Crippen LogP contribution is -2.52. The normalized spacial score (nSPS) is 25.4. The van der Waals surface area contributed by atoms with Gasteiger partial charge in [-0.1, -0.05) is 6.07 Å². The fraction of sp³-hybridized carbons (Fsp3) is 0.619. The van der Waals surface area contributed by atoms with Crippen LogP contribution in [0.25, 0.3) is 11.0 Å². The summed E-state index contributed by atoms with van der Waals surface area (Å²) < 4.78 is 0. The molecule has 1 aliphatic carbocycles. The minimum absolute atomic E-state index is 0.285. The molecule has 2 fully saturated rings. The maximum Gasteiger partial charge on any atom is 0.223 e. The highest BCUT2D eigenvalue weighted by Gasteiger charge is 2.43. The number of aromatic amines is 1. The highest BCUT2D eigenvalue weighted by atomic mass is 16.2. The molecule has 1 aromatic carbocycles. The monoisotopic (exact) mass is 354 g/mol. The number of imidazole rings is 1. The molecule has 1 aliphatic heterocycles. The molecule has 2 heterocycles. The number of benzene rings is 1. The third-order valence-electron chi connectivity index (χ3n) is 6.54. The van der Waals surface area contributed by atoms with E-state index in [1.165, 1.54) is 24.0 Å². The number of aromatic nitrogens is 2. The van der Waals surface area contributed by atoms with Gasteiger partial charge >= 0.3 is 0 Å². The molecule has 1 aromatic heterocycles. The Morgan fingerprint density at radius 3 is 2.58 bits per heavy atom. The average molecular weight is 354 g/mol. The summed E-state index contributed by atoms with van der Waals surface area (Å²) in [5, 5.41) is 0. The summed E-state index contributed by atoms with van der Waals surface area (Å²) >= 11 is 0. The lowest BCUT2D eigenvalue weighted by molar-refractivity contribution is -0.134. The van der Waals surface area contributed by atoms with Crippen LogP contribution in [-0.4, -0.2) is 58.9 Å². The van der Waals surface area contributed by atoms with Crippen LogP contribution in [0.1, 0.15) is 36.2 Å².